The van der Waals surface area contributed by atoms with Gasteiger partial charge in [-0.15, -0.1) is 0 Å². The third-order valence-corrected chi connectivity index (χ3v) is 5.69. The van der Waals surface area contributed by atoms with Crippen LogP contribution < -0.4 is 4.90 Å². The molecule has 0 atom stereocenters. The Kier molecular flexibility index (Phi) is 3.99. The van der Waals surface area contributed by atoms with Crippen molar-refractivity contribution in [3.8, 4) is 17.0 Å². The highest BCUT2D eigenvalue weighted by atomic mass is 32.1. The van der Waals surface area contributed by atoms with E-state index in [4.69, 9.17) is 12.2 Å². The molecule has 0 radical (unpaired) electrons. The number of aryl methyl sites for hydroxylation is 2. The van der Waals surface area contributed by atoms with Gasteiger partial charge in [0.15, 0.2) is 17.2 Å². The fourth-order valence-electron chi connectivity index (χ4n) is 3.85. The van der Waals surface area contributed by atoms with Crippen LogP contribution in [0, 0.1) is 12.7 Å². The van der Waals surface area contributed by atoms with Gasteiger partial charge < -0.3 is 10.0 Å². The van der Waals surface area contributed by atoms with Gasteiger partial charge in [-0.3, -0.25) is 4.68 Å². The van der Waals surface area contributed by atoms with Crippen molar-refractivity contribution in [3.05, 3.63) is 42.0 Å². The molecule has 0 amide bonds. The number of aromatic nitrogens is 4. The van der Waals surface area contributed by atoms with Crippen molar-refractivity contribution < 1.29 is 9.50 Å². The molecule has 6 nitrogen and oxygen atoms in total. The lowest BCUT2D eigenvalue weighted by molar-refractivity contribution is 0.437. The summed E-state index contributed by atoms with van der Waals surface area (Å²) in [7, 11) is 1.71. The van der Waals surface area contributed by atoms with E-state index >= 15 is 0 Å². The maximum atomic E-state index is 14.6. The van der Waals surface area contributed by atoms with Crippen LogP contribution in [0.4, 0.5) is 10.1 Å². The first-order valence-corrected chi connectivity index (χ1v) is 9.71. The van der Waals surface area contributed by atoms with Crippen LogP contribution >= 0.6 is 12.2 Å². The Morgan fingerprint density at radius 3 is 2.83 bits per heavy atom. The van der Waals surface area contributed by atoms with Crippen LogP contribution in [0.5, 0.6) is 5.75 Å². The van der Waals surface area contributed by atoms with E-state index in [1.54, 1.807) is 25.5 Å². The number of phenolic OH excluding ortho intramolecular Hbond substituents is 1. The molecule has 0 aliphatic carbocycles. The topological polar surface area (TPSA) is 67.1 Å². The fraction of sp³-hybridized carbons (Fsp3) is 0.238. The molecule has 0 saturated carbocycles. The summed E-state index contributed by atoms with van der Waals surface area (Å²) in [4.78, 5) is 12.4. The number of halogens is 1. The van der Waals surface area contributed by atoms with Crippen molar-refractivity contribution >= 4 is 44.7 Å². The third-order valence-electron chi connectivity index (χ3n) is 5.35. The molecule has 4 aromatic rings. The lowest BCUT2D eigenvalue weighted by atomic mass is 10.0. The second-order valence-electron chi connectivity index (χ2n) is 7.43. The van der Waals surface area contributed by atoms with Crippen LogP contribution in [0.25, 0.3) is 33.2 Å². The first kappa shape index (κ1) is 17.9. The molecule has 0 spiro atoms. The molecular weight excluding hydrogens is 389 g/mol. The molecule has 29 heavy (non-hydrogen) atoms. The molecule has 4 heterocycles. The Bertz CT molecular complexity index is 1320. The number of thiocarbonyl (C=S) groups is 1. The maximum Gasteiger partial charge on any atom is 0.193 e. The summed E-state index contributed by atoms with van der Waals surface area (Å²) >= 11 is 5.31. The van der Waals surface area contributed by atoms with Gasteiger partial charge in [-0.1, -0.05) is 12.2 Å². The number of hydrogen-bond acceptors (Lipinski definition) is 6. The molecule has 146 valence electrons. The Morgan fingerprint density at radius 1 is 1.24 bits per heavy atom. The van der Waals surface area contributed by atoms with Crippen LogP contribution in [0.1, 0.15) is 12.0 Å². The second-order valence-corrected chi connectivity index (χ2v) is 8.00. The zero-order valence-electron chi connectivity index (χ0n) is 16.0. The lowest BCUT2D eigenvalue weighted by Gasteiger charge is -2.17. The van der Waals surface area contributed by atoms with E-state index in [-0.39, 0.29) is 5.52 Å². The first-order valence-electron chi connectivity index (χ1n) is 9.30. The first-order chi connectivity index (χ1) is 13.9. The van der Waals surface area contributed by atoms with Gasteiger partial charge in [-0.2, -0.15) is 5.10 Å². The molecule has 8 heteroatoms. The van der Waals surface area contributed by atoms with E-state index in [2.05, 4.69) is 26.0 Å². The molecule has 1 aliphatic heterocycles. The van der Waals surface area contributed by atoms with Gasteiger partial charge in [0, 0.05) is 47.5 Å². The predicted octanol–water partition coefficient (Wildman–Crippen LogP) is 3.92. The smallest absolute Gasteiger partial charge is 0.193 e. The average molecular weight is 407 g/mol. The molecule has 0 bridgehead atoms. The number of benzene rings is 1. The van der Waals surface area contributed by atoms with Gasteiger partial charge in [0.05, 0.1) is 17.6 Å². The van der Waals surface area contributed by atoms with E-state index < -0.39 is 11.6 Å². The molecule has 5 rings (SSSR count). The SMILES string of the molecule is Cc1cc(-c2cc3cn(C)nc3c(F)c2O)nc2ncc(N3CCC(=S)C3)cc12. The van der Waals surface area contributed by atoms with Crippen LogP contribution in [0.2, 0.25) is 0 Å². The van der Waals surface area contributed by atoms with E-state index in [1.807, 2.05) is 13.0 Å². The van der Waals surface area contributed by atoms with Gasteiger partial charge in [-0.25, -0.2) is 14.4 Å². The summed E-state index contributed by atoms with van der Waals surface area (Å²) in [6, 6.07) is 5.61. The van der Waals surface area contributed by atoms with Crippen molar-refractivity contribution in [2.75, 3.05) is 18.0 Å². The number of phenols is 1. The number of anilines is 1. The Labute approximate surface area is 171 Å². The van der Waals surface area contributed by atoms with Gasteiger partial charge >= 0.3 is 0 Å². The molecule has 0 unspecified atom stereocenters. The summed E-state index contributed by atoms with van der Waals surface area (Å²) < 4.78 is 16.2. The highest BCUT2D eigenvalue weighted by Crippen LogP contribution is 2.37. The van der Waals surface area contributed by atoms with Crippen LogP contribution in [0.15, 0.2) is 30.6 Å². The Hall–Kier alpha value is -3.13. The van der Waals surface area contributed by atoms with E-state index in [9.17, 15) is 9.50 Å². The minimum atomic E-state index is -0.744. The molecule has 1 N–H and O–H groups in total. The summed E-state index contributed by atoms with van der Waals surface area (Å²) in [6.07, 6.45) is 4.42. The standard InChI is InChI=1S/C21H18FN5OS/c1-11-5-17(16-6-12-9-26(2)25-19(12)18(22)20(16)28)24-21-15(11)7-13(8-23-21)27-4-3-14(29)10-27/h5-9,28H,3-4,10H2,1-2H3. The van der Waals surface area contributed by atoms with Crippen LogP contribution in [0.3, 0.4) is 0 Å². The van der Waals surface area contributed by atoms with E-state index in [1.165, 1.54) is 4.68 Å². The molecule has 1 fully saturated rings. The lowest BCUT2D eigenvalue weighted by Crippen LogP contribution is -2.19. The van der Waals surface area contributed by atoms with Crippen molar-refractivity contribution in [2.45, 2.75) is 13.3 Å². The van der Waals surface area contributed by atoms with E-state index in [0.717, 1.165) is 41.0 Å². The van der Waals surface area contributed by atoms with Gasteiger partial charge in [0.25, 0.3) is 0 Å². The molecule has 1 aliphatic rings. The van der Waals surface area contributed by atoms with Crippen LogP contribution in [-0.4, -0.2) is 42.8 Å². The number of pyridine rings is 2. The number of fused-ring (bicyclic) bond motifs is 2. The highest BCUT2D eigenvalue weighted by molar-refractivity contribution is 7.80. The Balaban J connectivity index is 1.64. The van der Waals surface area contributed by atoms with Crippen molar-refractivity contribution in [1.82, 2.24) is 19.7 Å². The van der Waals surface area contributed by atoms with Gasteiger partial charge in [-0.05, 0) is 37.1 Å². The quantitative estimate of drug-likeness (QED) is 0.508. The molecule has 1 saturated heterocycles. The number of nitrogens with zero attached hydrogens (tertiary/aromatic N) is 5. The summed E-state index contributed by atoms with van der Waals surface area (Å²) in [5, 5.41) is 16.0. The molecule has 1 aromatic carbocycles. The highest BCUT2D eigenvalue weighted by Gasteiger charge is 2.20. The minimum Gasteiger partial charge on any atom is -0.504 e. The minimum absolute atomic E-state index is 0.137. The van der Waals surface area contributed by atoms with Crippen molar-refractivity contribution in [3.63, 3.8) is 0 Å². The maximum absolute atomic E-state index is 14.6. The zero-order valence-corrected chi connectivity index (χ0v) is 16.8. The summed E-state index contributed by atoms with van der Waals surface area (Å²) in [5.74, 6) is -1.20. The average Bonchev–Trinajstić information content (AvgIpc) is 3.29. The zero-order chi connectivity index (χ0) is 20.3. The predicted molar refractivity (Wildman–Crippen MR) is 115 cm³/mol. The normalized spacial score (nSPS) is 14.4. The number of rotatable bonds is 2. The van der Waals surface area contributed by atoms with Gasteiger partial charge in [0.2, 0.25) is 0 Å². The molecular formula is C21H18FN5OS. The largest absolute Gasteiger partial charge is 0.504 e. The fourth-order valence-corrected chi connectivity index (χ4v) is 4.10. The number of aromatic hydroxyl groups is 1. The molecule has 3 aromatic heterocycles. The monoisotopic (exact) mass is 407 g/mol. The van der Waals surface area contributed by atoms with Crippen LogP contribution in [-0.2, 0) is 7.05 Å². The van der Waals surface area contributed by atoms with E-state index in [0.29, 0.717) is 22.3 Å². The van der Waals surface area contributed by atoms with Gasteiger partial charge in [0.1, 0.15) is 5.52 Å². The number of hydrogen-bond donors (Lipinski definition) is 1. The second kappa shape index (κ2) is 6.45. The van der Waals surface area contributed by atoms with Crippen molar-refractivity contribution in [1.29, 1.82) is 0 Å². The Morgan fingerprint density at radius 2 is 2.07 bits per heavy atom. The summed E-state index contributed by atoms with van der Waals surface area (Å²) in [5.41, 5.74) is 3.45. The third kappa shape index (κ3) is 2.91. The van der Waals surface area contributed by atoms with Crippen molar-refractivity contribution in [2.24, 2.45) is 7.05 Å². The summed E-state index contributed by atoms with van der Waals surface area (Å²) in [6.45, 7) is 3.63.